The van der Waals surface area contributed by atoms with E-state index < -0.39 is 0 Å². The molecule has 2 rings (SSSR count). The average molecular weight is 298 g/mol. The van der Waals surface area contributed by atoms with Crippen molar-refractivity contribution in [1.29, 1.82) is 0 Å². The number of halogens is 1. The Balaban J connectivity index is 2.19. The van der Waals surface area contributed by atoms with Gasteiger partial charge in [-0.1, -0.05) is 0 Å². The lowest BCUT2D eigenvalue weighted by molar-refractivity contribution is 0.509. The third-order valence-corrected chi connectivity index (χ3v) is 3.54. The van der Waals surface area contributed by atoms with Gasteiger partial charge in [0, 0.05) is 37.0 Å². The first-order chi connectivity index (χ1) is 8.26. The number of nitrogens with one attached hydrogen (secondary N) is 1. The highest BCUT2D eigenvalue weighted by Gasteiger charge is 2.17. The second-order valence-corrected chi connectivity index (χ2v) is 4.54. The maximum atomic E-state index is 5.27. The van der Waals surface area contributed by atoms with Gasteiger partial charge in [-0.15, -0.1) is 0 Å². The number of aromatic nitrogens is 2. The van der Waals surface area contributed by atoms with Gasteiger partial charge in [0.25, 0.3) is 0 Å². The van der Waals surface area contributed by atoms with Crippen molar-refractivity contribution in [2.45, 2.75) is 25.9 Å². The van der Waals surface area contributed by atoms with Crippen molar-refractivity contribution < 1.29 is 4.42 Å². The summed E-state index contributed by atoms with van der Waals surface area (Å²) in [6.45, 7) is 3.06. The molecule has 17 heavy (non-hydrogen) atoms. The smallest absolute Gasteiger partial charge is 0.173 e. The zero-order valence-corrected chi connectivity index (χ0v) is 11.6. The molecule has 0 aromatic carbocycles. The van der Waals surface area contributed by atoms with Gasteiger partial charge in [0.1, 0.15) is 5.82 Å². The molecule has 1 atom stereocenters. The summed E-state index contributed by atoms with van der Waals surface area (Å²) < 4.78 is 8.21. The van der Waals surface area contributed by atoms with E-state index in [-0.39, 0.29) is 6.04 Å². The zero-order chi connectivity index (χ0) is 12.3. The van der Waals surface area contributed by atoms with Crippen molar-refractivity contribution in [3.8, 4) is 0 Å². The van der Waals surface area contributed by atoms with Gasteiger partial charge in [0.2, 0.25) is 0 Å². The summed E-state index contributed by atoms with van der Waals surface area (Å²) in [6, 6.07) is 2.18. The lowest BCUT2D eigenvalue weighted by Gasteiger charge is -2.15. The molecule has 2 heterocycles. The molecule has 4 nitrogen and oxygen atoms in total. The van der Waals surface area contributed by atoms with Crippen LogP contribution >= 0.6 is 15.9 Å². The number of imidazole rings is 1. The fourth-order valence-electron chi connectivity index (χ4n) is 1.92. The molecular formula is C12H16BrN3O. The highest BCUT2D eigenvalue weighted by Crippen LogP contribution is 2.26. The monoisotopic (exact) mass is 297 g/mol. The molecule has 0 saturated carbocycles. The molecule has 0 spiro atoms. The summed E-state index contributed by atoms with van der Waals surface area (Å²) in [4.78, 5) is 4.39. The molecule has 2 aromatic rings. The molecule has 0 fully saturated rings. The minimum atomic E-state index is 0.204. The van der Waals surface area contributed by atoms with E-state index in [1.807, 2.05) is 25.5 Å². The van der Waals surface area contributed by atoms with Crippen LogP contribution in [-0.4, -0.2) is 16.6 Å². The fourth-order valence-corrected chi connectivity index (χ4v) is 2.44. The number of nitrogens with zero attached hydrogens (tertiary/aromatic N) is 2. The zero-order valence-electron chi connectivity index (χ0n) is 9.98. The standard InChI is InChI=1S/C12H16BrN3O/c1-3-16-6-5-15-11(16)8-10(14-2)9-4-7-17-12(9)13/h4-7,10,14H,3,8H2,1-2H3. The highest BCUT2D eigenvalue weighted by molar-refractivity contribution is 9.10. The van der Waals surface area contributed by atoms with Crippen LogP contribution in [0.5, 0.6) is 0 Å². The van der Waals surface area contributed by atoms with Crippen LogP contribution in [0.3, 0.4) is 0 Å². The topological polar surface area (TPSA) is 43.0 Å². The fraction of sp³-hybridized carbons (Fsp3) is 0.417. The van der Waals surface area contributed by atoms with Gasteiger partial charge < -0.3 is 14.3 Å². The van der Waals surface area contributed by atoms with Gasteiger partial charge in [-0.05, 0) is 36.0 Å². The SMILES string of the molecule is CCn1ccnc1CC(NC)c1ccoc1Br. The van der Waals surface area contributed by atoms with E-state index in [9.17, 15) is 0 Å². The molecule has 0 aliphatic carbocycles. The van der Waals surface area contributed by atoms with E-state index >= 15 is 0 Å². The van der Waals surface area contributed by atoms with E-state index in [1.165, 1.54) is 0 Å². The summed E-state index contributed by atoms with van der Waals surface area (Å²) in [5, 5.41) is 3.29. The second-order valence-electron chi connectivity index (χ2n) is 3.82. The van der Waals surface area contributed by atoms with Crippen LogP contribution in [0.1, 0.15) is 24.4 Å². The molecule has 1 N–H and O–H groups in total. The number of aryl methyl sites for hydroxylation is 1. The molecule has 5 heteroatoms. The van der Waals surface area contributed by atoms with Gasteiger partial charge in [-0.2, -0.15) is 0 Å². The highest BCUT2D eigenvalue weighted by atomic mass is 79.9. The Morgan fingerprint density at radius 3 is 3.00 bits per heavy atom. The van der Waals surface area contributed by atoms with Crippen LogP contribution in [0.15, 0.2) is 33.8 Å². The van der Waals surface area contributed by atoms with E-state index in [1.54, 1.807) is 6.26 Å². The van der Waals surface area contributed by atoms with Crippen LogP contribution in [0.2, 0.25) is 0 Å². The first kappa shape index (κ1) is 12.4. The molecule has 92 valence electrons. The Labute approximate surface area is 109 Å². The Bertz CT molecular complexity index is 478. The normalized spacial score (nSPS) is 12.9. The number of furan rings is 1. The van der Waals surface area contributed by atoms with Gasteiger partial charge in [-0.25, -0.2) is 4.98 Å². The van der Waals surface area contributed by atoms with Gasteiger partial charge >= 0.3 is 0 Å². The quantitative estimate of drug-likeness (QED) is 0.923. The maximum absolute atomic E-state index is 5.27. The summed E-state index contributed by atoms with van der Waals surface area (Å²) in [7, 11) is 1.95. The molecule has 2 aromatic heterocycles. The Morgan fingerprint density at radius 1 is 1.59 bits per heavy atom. The molecule has 0 radical (unpaired) electrons. The Hall–Kier alpha value is -1.07. The van der Waals surface area contributed by atoms with E-state index in [0.717, 1.165) is 29.0 Å². The summed E-state index contributed by atoms with van der Waals surface area (Å²) in [6.07, 6.45) is 6.38. The van der Waals surface area contributed by atoms with Crippen LogP contribution in [0.25, 0.3) is 0 Å². The van der Waals surface area contributed by atoms with Crippen LogP contribution in [0.4, 0.5) is 0 Å². The molecular weight excluding hydrogens is 282 g/mol. The number of likely N-dealkylation sites (N-methyl/N-ethyl adjacent to an activating group) is 1. The van der Waals surface area contributed by atoms with E-state index in [2.05, 4.69) is 37.7 Å². The lowest BCUT2D eigenvalue weighted by atomic mass is 10.1. The molecule has 0 saturated heterocycles. The molecule has 0 bridgehead atoms. The van der Waals surface area contributed by atoms with Crippen molar-refractivity contribution in [2.75, 3.05) is 7.05 Å². The van der Waals surface area contributed by atoms with Crippen molar-refractivity contribution in [3.05, 3.63) is 40.8 Å². The van der Waals surface area contributed by atoms with Crippen LogP contribution in [-0.2, 0) is 13.0 Å². The predicted octanol–water partition coefficient (Wildman–Crippen LogP) is 2.76. The number of rotatable bonds is 5. The van der Waals surface area contributed by atoms with Crippen molar-refractivity contribution >= 4 is 15.9 Å². The van der Waals surface area contributed by atoms with Gasteiger partial charge in [0.15, 0.2) is 4.67 Å². The van der Waals surface area contributed by atoms with Crippen molar-refractivity contribution in [1.82, 2.24) is 14.9 Å². The van der Waals surface area contributed by atoms with E-state index in [0.29, 0.717) is 0 Å². The van der Waals surface area contributed by atoms with Gasteiger partial charge in [0.05, 0.1) is 6.26 Å². The summed E-state index contributed by atoms with van der Waals surface area (Å²) in [5.41, 5.74) is 1.12. The third kappa shape index (κ3) is 2.61. The average Bonchev–Trinajstić information content (AvgIpc) is 2.94. The van der Waals surface area contributed by atoms with E-state index in [4.69, 9.17) is 4.42 Å². The van der Waals surface area contributed by atoms with Crippen LogP contribution in [0, 0.1) is 0 Å². The first-order valence-corrected chi connectivity index (χ1v) is 6.45. The van der Waals surface area contributed by atoms with Gasteiger partial charge in [-0.3, -0.25) is 0 Å². The third-order valence-electron chi connectivity index (χ3n) is 2.90. The largest absolute Gasteiger partial charge is 0.457 e. The minimum absolute atomic E-state index is 0.204. The van der Waals surface area contributed by atoms with Crippen molar-refractivity contribution in [2.24, 2.45) is 0 Å². The van der Waals surface area contributed by atoms with Crippen LogP contribution < -0.4 is 5.32 Å². The minimum Gasteiger partial charge on any atom is -0.457 e. The summed E-state index contributed by atoms with van der Waals surface area (Å²) >= 11 is 3.41. The molecule has 0 aliphatic heterocycles. The number of hydrogen-bond donors (Lipinski definition) is 1. The summed E-state index contributed by atoms with van der Waals surface area (Å²) in [5.74, 6) is 1.08. The number of hydrogen-bond acceptors (Lipinski definition) is 3. The predicted molar refractivity (Wildman–Crippen MR) is 69.8 cm³/mol. The maximum Gasteiger partial charge on any atom is 0.173 e. The first-order valence-electron chi connectivity index (χ1n) is 5.66. The Morgan fingerprint density at radius 2 is 2.41 bits per heavy atom. The lowest BCUT2D eigenvalue weighted by Crippen LogP contribution is -2.20. The van der Waals surface area contributed by atoms with Crippen molar-refractivity contribution in [3.63, 3.8) is 0 Å². The molecule has 0 aliphatic rings. The molecule has 0 amide bonds. The second kappa shape index (κ2) is 5.51. The Kier molecular flexibility index (Phi) is 4.02. The molecule has 1 unspecified atom stereocenters.